The van der Waals surface area contributed by atoms with Crippen LogP contribution in [-0.2, 0) is 14.3 Å². The van der Waals surface area contributed by atoms with Crippen molar-refractivity contribution in [3.05, 3.63) is 12.2 Å². The average Bonchev–Trinajstić information content (AvgIpc) is 2.53. The molecule has 0 spiro atoms. The lowest BCUT2D eigenvalue weighted by molar-refractivity contribution is -0.160. The molecule has 1 aliphatic rings. The molecule has 0 aromatic heterocycles. The standard InChI is InChI=1S/C19H31BrO3/c1-2-23-18(22)19(15-11-12-16-20)14-10-8-6-4-3-5-7-9-13-17(19)21/h11-12H,2-10,13-16H2,1H3/b12-11-. The van der Waals surface area contributed by atoms with E-state index in [1.54, 1.807) is 6.92 Å². The van der Waals surface area contributed by atoms with Crippen LogP contribution < -0.4 is 0 Å². The molecule has 0 aromatic carbocycles. The Kier molecular flexibility index (Phi) is 10.5. The highest BCUT2D eigenvalue weighted by Gasteiger charge is 2.44. The van der Waals surface area contributed by atoms with Crippen molar-refractivity contribution < 1.29 is 14.3 Å². The first-order valence-electron chi connectivity index (χ1n) is 9.09. The molecular formula is C19H31BrO3. The quantitative estimate of drug-likeness (QED) is 0.276. The van der Waals surface area contributed by atoms with Gasteiger partial charge in [0.2, 0.25) is 0 Å². The van der Waals surface area contributed by atoms with Crippen LogP contribution in [0.25, 0.3) is 0 Å². The van der Waals surface area contributed by atoms with Crippen molar-refractivity contribution in [2.75, 3.05) is 11.9 Å². The maximum absolute atomic E-state index is 12.9. The predicted molar refractivity (Wildman–Crippen MR) is 97.8 cm³/mol. The summed E-state index contributed by atoms with van der Waals surface area (Å²) in [7, 11) is 0. The van der Waals surface area contributed by atoms with Crippen molar-refractivity contribution in [2.24, 2.45) is 5.41 Å². The summed E-state index contributed by atoms with van der Waals surface area (Å²) >= 11 is 3.36. The summed E-state index contributed by atoms with van der Waals surface area (Å²) in [4.78, 5) is 25.6. The molecule has 1 atom stereocenters. The highest BCUT2D eigenvalue weighted by molar-refractivity contribution is 9.09. The molecule has 0 saturated heterocycles. The summed E-state index contributed by atoms with van der Waals surface area (Å²) in [5, 5.41) is 0.736. The fourth-order valence-electron chi connectivity index (χ4n) is 3.28. The van der Waals surface area contributed by atoms with Crippen LogP contribution in [0.2, 0.25) is 0 Å². The lowest BCUT2D eigenvalue weighted by Gasteiger charge is -2.29. The Morgan fingerprint density at radius 3 is 2.30 bits per heavy atom. The van der Waals surface area contributed by atoms with Crippen molar-refractivity contribution in [1.29, 1.82) is 0 Å². The zero-order chi connectivity index (χ0) is 17.0. The third-order valence-electron chi connectivity index (χ3n) is 4.68. The topological polar surface area (TPSA) is 43.4 Å². The van der Waals surface area contributed by atoms with Crippen molar-refractivity contribution in [1.82, 2.24) is 0 Å². The molecule has 0 N–H and O–H groups in total. The highest BCUT2D eigenvalue weighted by atomic mass is 79.9. The molecule has 1 rings (SSSR count). The van der Waals surface area contributed by atoms with Crippen molar-refractivity contribution in [3.63, 3.8) is 0 Å². The van der Waals surface area contributed by atoms with E-state index in [1.807, 2.05) is 12.2 Å². The first-order chi connectivity index (χ1) is 11.2. The number of esters is 1. The number of ether oxygens (including phenoxy) is 1. The van der Waals surface area contributed by atoms with Gasteiger partial charge in [0.25, 0.3) is 0 Å². The summed E-state index contributed by atoms with van der Waals surface area (Å²) in [5.41, 5.74) is -0.964. The van der Waals surface area contributed by atoms with Crippen LogP contribution >= 0.6 is 15.9 Å². The second kappa shape index (κ2) is 11.8. The first-order valence-corrected chi connectivity index (χ1v) is 10.2. The zero-order valence-electron chi connectivity index (χ0n) is 14.4. The average molecular weight is 387 g/mol. The van der Waals surface area contributed by atoms with E-state index in [4.69, 9.17) is 4.74 Å². The number of rotatable bonds is 5. The fourth-order valence-corrected chi connectivity index (χ4v) is 3.55. The number of carbonyl (C=O) groups excluding carboxylic acids is 2. The Bertz CT molecular complexity index is 392. The minimum atomic E-state index is -0.964. The molecule has 0 bridgehead atoms. The van der Waals surface area contributed by atoms with Crippen LogP contribution in [0.3, 0.4) is 0 Å². The van der Waals surface area contributed by atoms with E-state index in [-0.39, 0.29) is 11.8 Å². The fraction of sp³-hybridized carbons (Fsp3) is 0.789. The van der Waals surface area contributed by atoms with Gasteiger partial charge in [-0.2, -0.15) is 0 Å². The zero-order valence-corrected chi connectivity index (χ0v) is 16.0. The number of allylic oxidation sites excluding steroid dienone is 2. The number of halogens is 1. The first kappa shape index (κ1) is 20.4. The molecule has 132 valence electrons. The van der Waals surface area contributed by atoms with Gasteiger partial charge in [-0.1, -0.05) is 73.0 Å². The number of hydrogen-bond acceptors (Lipinski definition) is 3. The van der Waals surface area contributed by atoms with E-state index in [9.17, 15) is 9.59 Å². The second-order valence-electron chi connectivity index (χ2n) is 6.38. The van der Waals surface area contributed by atoms with Gasteiger partial charge >= 0.3 is 5.97 Å². The van der Waals surface area contributed by atoms with E-state index in [1.165, 1.54) is 25.7 Å². The Morgan fingerprint density at radius 2 is 1.70 bits per heavy atom. The van der Waals surface area contributed by atoms with Gasteiger partial charge in [0.05, 0.1) is 6.61 Å². The van der Waals surface area contributed by atoms with E-state index >= 15 is 0 Å². The second-order valence-corrected chi connectivity index (χ2v) is 7.03. The lowest BCUT2D eigenvalue weighted by atomic mass is 9.73. The maximum atomic E-state index is 12.9. The van der Waals surface area contributed by atoms with Crippen LogP contribution in [0, 0.1) is 5.41 Å². The lowest BCUT2D eigenvalue weighted by Crippen LogP contribution is -2.40. The van der Waals surface area contributed by atoms with E-state index < -0.39 is 5.41 Å². The molecule has 0 radical (unpaired) electrons. The van der Waals surface area contributed by atoms with Gasteiger partial charge in [0.15, 0.2) is 0 Å². The number of alkyl halides is 1. The molecule has 1 aliphatic carbocycles. The summed E-state index contributed by atoms with van der Waals surface area (Å²) in [6.45, 7) is 2.13. The number of carbonyl (C=O) groups is 2. The molecular weight excluding hydrogens is 356 g/mol. The highest BCUT2D eigenvalue weighted by Crippen LogP contribution is 2.35. The van der Waals surface area contributed by atoms with E-state index in [2.05, 4.69) is 15.9 Å². The summed E-state index contributed by atoms with van der Waals surface area (Å²) in [5.74, 6) is -0.239. The van der Waals surface area contributed by atoms with E-state index in [0.717, 1.165) is 31.0 Å². The molecule has 1 unspecified atom stereocenters. The Balaban J connectivity index is 2.95. The molecule has 0 aliphatic heterocycles. The molecule has 0 heterocycles. The summed E-state index contributed by atoms with van der Waals surface area (Å²) in [6, 6.07) is 0. The minimum Gasteiger partial charge on any atom is -0.465 e. The molecule has 0 amide bonds. The Morgan fingerprint density at radius 1 is 1.09 bits per heavy atom. The van der Waals surface area contributed by atoms with Gasteiger partial charge in [-0.05, 0) is 26.2 Å². The van der Waals surface area contributed by atoms with Crippen LogP contribution in [0.15, 0.2) is 12.2 Å². The molecule has 3 nitrogen and oxygen atoms in total. The maximum Gasteiger partial charge on any atom is 0.319 e. The largest absolute Gasteiger partial charge is 0.465 e. The van der Waals surface area contributed by atoms with Gasteiger partial charge in [0, 0.05) is 11.8 Å². The molecule has 4 heteroatoms. The van der Waals surface area contributed by atoms with Gasteiger partial charge < -0.3 is 4.74 Å². The summed E-state index contributed by atoms with van der Waals surface area (Å²) < 4.78 is 5.30. The van der Waals surface area contributed by atoms with Gasteiger partial charge in [0.1, 0.15) is 11.2 Å². The van der Waals surface area contributed by atoms with Gasteiger partial charge in [-0.25, -0.2) is 0 Å². The molecule has 1 fully saturated rings. The third kappa shape index (κ3) is 6.78. The minimum absolute atomic E-state index is 0.0794. The number of hydrogen-bond donors (Lipinski definition) is 0. The van der Waals surface area contributed by atoms with E-state index in [0.29, 0.717) is 25.9 Å². The normalized spacial score (nSPS) is 24.9. The Labute approximate surface area is 149 Å². The van der Waals surface area contributed by atoms with Crippen LogP contribution in [0.5, 0.6) is 0 Å². The molecule has 1 saturated carbocycles. The predicted octanol–water partition coefficient (Wildman–Crippen LogP) is 5.36. The molecule has 23 heavy (non-hydrogen) atoms. The molecule has 0 aromatic rings. The van der Waals surface area contributed by atoms with Gasteiger partial charge in [-0.3, -0.25) is 9.59 Å². The SMILES string of the molecule is CCOC(=O)C1(C/C=C\CBr)CCCCCCCCCCC1=O. The monoisotopic (exact) mass is 386 g/mol. The van der Waals surface area contributed by atoms with Gasteiger partial charge in [-0.15, -0.1) is 0 Å². The smallest absolute Gasteiger partial charge is 0.319 e. The Hall–Kier alpha value is -0.640. The van der Waals surface area contributed by atoms with Crippen molar-refractivity contribution in [2.45, 2.75) is 77.6 Å². The summed E-state index contributed by atoms with van der Waals surface area (Å²) in [6.07, 6.45) is 14.4. The third-order valence-corrected chi connectivity index (χ3v) is 5.05. The number of Topliss-reactive ketones (excluding diaryl/α,β-unsaturated/α-hetero) is 1. The van der Waals surface area contributed by atoms with Crippen LogP contribution in [0.1, 0.15) is 77.6 Å². The number of ketones is 1. The van der Waals surface area contributed by atoms with Crippen molar-refractivity contribution >= 4 is 27.7 Å². The van der Waals surface area contributed by atoms with Crippen LogP contribution in [0.4, 0.5) is 0 Å². The van der Waals surface area contributed by atoms with Crippen LogP contribution in [-0.4, -0.2) is 23.7 Å². The van der Waals surface area contributed by atoms with Crippen molar-refractivity contribution in [3.8, 4) is 0 Å².